The molecule has 2 aromatic rings. The summed E-state index contributed by atoms with van der Waals surface area (Å²) in [5.41, 5.74) is 0.716. The van der Waals surface area contributed by atoms with Gasteiger partial charge in [0.15, 0.2) is 19.0 Å². The zero-order chi connectivity index (χ0) is 18.7. The first-order valence-corrected chi connectivity index (χ1v) is 8.20. The highest BCUT2D eigenvalue weighted by Crippen LogP contribution is 2.29. The van der Waals surface area contributed by atoms with Gasteiger partial charge in [0.2, 0.25) is 0 Å². The molecule has 26 heavy (non-hydrogen) atoms. The smallest absolute Gasteiger partial charge is 0.316 e. The first kappa shape index (κ1) is 17.7. The van der Waals surface area contributed by atoms with Gasteiger partial charge >= 0.3 is 5.97 Å². The number of hydrogen-bond donors (Lipinski definition) is 1. The van der Waals surface area contributed by atoms with Gasteiger partial charge in [-0.3, -0.25) is 14.4 Å². The molecule has 0 atom stereocenters. The number of amides is 1. The number of fused-ring (bicyclic) bond motifs is 1. The molecule has 0 bridgehead atoms. The van der Waals surface area contributed by atoms with Crippen molar-refractivity contribution < 1.29 is 23.9 Å². The number of ether oxygens (including phenoxy) is 2. The van der Waals surface area contributed by atoms with Crippen molar-refractivity contribution in [1.82, 2.24) is 0 Å². The van der Waals surface area contributed by atoms with Crippen LogP contribution in [0.1, 0.15) is 29.8 Å². The van der Waals surface area contributed by atoms with Crippen LogP contribution in [-0.4, -0.2) is 30.9 Å². The van der Waals surface area contributed by atoms with E-state index in [4.69, 9.17) is 9.47 Å². The van der Waals surface area contributed by atoms with Crippen LogP contribution < -0.4 is 10.1 Å². The number of hydrogen-bond acceptors (Lipinski definition) is 5. The summed E-state index contributed by atoms with van der Waals surface area (Å²) in [6.07, 6.45) is 0. The van der Waals surface area contributed by atoms with Crippen molar-refractivity contribution >= 4 is 23.3 Å². The van der Waals surface area contributed by atoms with E-state index in [2.05, 4.69) is 5.32 Å². The van der Waals surface area contributed by atoms with Crippen LogP contribution in [-0.2, 0) is 19.7 Å². The molecule has 1 amide bonds. The monoisotopic (exact) mass is 353 g/mol. The van der Waals surface area contributed by atoms with Crippen molar-refractivity contribution in [3.8, 4) is 5.75 Å². The zero-order valence-electron chi connectivity index (χ0n) is 14.6. The van der Waals surface area contributed by atoms with Gasteiger partial charge in [0.25, 0.3) is 5.91 Å². The Labute approximate surface area is 151 Å². The maximum absolute atomic E-state index is 12.4. The highest BCUT2D eigenvalue weighted by atomic mass is 16.5. The van der Waals surface area contributed by atoms with Crippen molar-refractivity contribution in [2.24, 2.45) is 0 Å². The van der Waals surface area contributed by atoms with Crippen molar-refractivity contribution in [2.75, 3.05) is 18.5 Å². The van der Waals surface area contributed by atoms with Crippen LogP contribution >= 0.6 is 0 Å². The minimum atomic E-state index is -0.862. The normalized spacial score (nSPS) is 13.2. The number of nitrogens with one attached hydrogen (secondary N) is 1. The number of rotatable bonds is 5. The first-order valence-electron chi connectivity index (χ1n) is 8.20. The van der Waals surface area contributed by atoms with E-state index in [1.807, 2.05) is 30.3 Å². The van der Waals surface area contributed by atoms with Crippen LogP contribution in [0.2, 0.25) is 0 Å². The molecule has 1 N–H and O–H groups in total. The lowest BCUT2D eigenvalue weighted by Gasteiger charge is -2.23. The lowest BCUT2D eigenvalue weighted by molar-refractivity contribution is -0.148. The van der Waals surface area contributed by atoms with Gasteiger partial charge in [0, 0.05) is 5.56 Å². The molecule has 0 unspecified atom stereocenters. The standard InChI is InChI=1S/C20H19NO5/c1-20(2,14-6-4-3-5-7-14)19(24)26-11-16(22)13-8-9-17-15(10-13)21-18(23)12-25-17/h3-10H,11-12H2,1-2H3,(H,21,23). The van der Waals surface area contributed by atoms with Gasteiger partial charge in [-0.15, -0.1) is 0 Å². The molecule has 3 rings (SSSR count). The maximum atomic E-state index is 12.4. The molecule has 0 radical (unpaired) electrons. The fourth-order valence-corrected chi connectivity index (χ4v) is 2.62. The lowest BCUT2D eigenvalue weighted by Crippen LogP contribution is -2.32. The molecule has 0 saturated carbocycles. The first-order chi connectivity index (χ1) is 12.4. The highest BCUT2D eigenvalue weighted by Gasteiger charge is 2.32. The van der Waals surface area contributed by atoms with Gasteiger partial charge in [-0.2, -0.15) is 0 Å². The van der Waals surface area contributed by atoms with Gasteiger partial charge in [-0.25, -0.2) is 0 Å². The van der Waals surface area contributed by atoms with Crippen LogP contribution in [0.25, 0.3) is 0 Å². The average molecular weight is 353 g/mol. The summed E-state index contributed by atoms with van der Waals surface area (Å²) in [6.45, 7) is 3.08. The molecule has 6 nitrogen and oxygen atoms in total. The molecule has 0 spiro atoms. The Balaban J connectivity index is 1.66. The molecular formula is C20H19NO5. The van der Waals surface area contributed by atoms with Gasteiger partial charge in [-0.1, -0.05) is 30.3 Å². The SMILES string of the molecule is CC(C)(C(=O)OCC(=O)c1ccc2c(c1)NC(=O)CO2)c1ccccc1. The number of carbonyl (C=O) groups excluding carboxylic acids is 3. The Hall–Kier alpha value is -3.15. The fourth-order valence-electron chi connectivity index (χ4n) is 2.62. The quantitative estimate of drug-likeness (QED) is 0.660. The van der Waals surface area contributed by atoms with Crippen molar-refractivity contribution in [2.45, 2.75) is 19.3 Å². The summed E-state index contributed by atoms with van der Waals surface area (Å²) < 4.78 is 10.5. The van der Waals surface area contributed by atoms with Gasteiger partial charge in [0.05, 0.1) is 11.1 Å². The van der Waals surface area contributed by atoms with Crippen LogP contribution in [0.3, 0.4) is 0 Å². The third-order valence-electron chi connectivity index (χ3n) is 4.27. The predicted octanol–water partition coefficient (Wildman–Crippen LogP) is 2.72. The topological polar surface area (TPSA) is 81.7 Å². The minimum Gasteiger partial charge on any atom is -0.482 e. The molecule has 0 fully saturated rings. The van der Waals surface area contributed by atoms with E-state index in [9.17, 15) is 14.4 Å². The third-order valence-corrected chi connectivity index (χ3v) is 4.27. The van der Waals surface area contributed by atoms with Gasteiger partial charge in [-0.05, 0) is 37.6 Å². The number of benzene rings is 2. The number of ketones is 1. The summed E-state index contributed by atoms with van der Waals surface area (Å²) in [7, 11) is 0. The van der Waals surface area contributed by atoms with E-state index in [0.717, 1.165) is 5.56 Å². The average Bonchev–Trinajstić information content (AvgIpc) is 2.65. The van der Waals surface area contributed by atoms with E-state index in [1.165, 1.54) is 6.07 Å². The Bertz CT molecular complexity index is 858. The predicted molar refractivity (Wildman–Crippen MR) is 95.3 cm³/mol. The molecule has 0 aliphatic carbocycles. The van der Waals surface area contributed by atoms with Crippen molar-refractivity contribution in [3.05, 3.63) is 59.7 Å². The Morgan fingerprint density at radius 2 is 1.88 bits per heavy atom. The molecule has 6 heteroatoms. The van der Waals surface area contributed by atoms with Crippen LogP contribution in [0.5, 0.6) is 5.75 Å². The summed E-state index contributed by atoms with van der Waals surface area (Å²) in [5.74, 6) is -0.613. The second-order valence-corrected chi connectivity index (χ2v) is 6.54. The maximum Gasteiger partial charge on any atom is 0.316 e. The van der Waals surface area contributed by atoms with E-state index in [-0.39, 0.29) is 24.9 Å². The number of esters is 1. The largest absolute Gasteiger partial charge is 0.482 e. The zero-order valence-corrected chi connectivity index (χ0v) is 14.6. The Kier molecular flexibility index (Phi) is 4.75. The Morgan fingerprint density at radius 1 is 1.15 bits per heavy atom. The molecule has 1 aliphatic heterocycles. The second-order valence-electron chi connectivity index (χ2n) is 6.54. The molecular weight excluding hydrogens is 334 g/mol. The number of anilines is 1. The molecule has 0 aromatic heterocycles. The Morgan fingerprint density at radius 3 is 2.62 bits per heavy atom. The second kappa shape index (κ2) is 7.00. The molecule has 1 heterocycles. The van der Waals surface area contributed by atoms with E-state index in [0.29, 0.717) is 17.0 Å². The summed E-state index contributed by atoms with van der Waals surface area (Å²) in [6, 6.07) is 14.0. The summed E-state index contributed by atoms with van der Waals surface area (Å²) >= 11 is 0. The highest BCUT2D eigenvalue weighted by molar-refractivity contribution is 6.02. The van der Waals surface area contributed by atoms with E-state index < -0.39 is 11.4 Å². The molecule has 1 aliphatic rings. The van der Waals surface area contributed by atoms with E-state index in [1.54, 1.807) is 26.0 Å². The summed E-state index contributed by atoms with van der Waals surface area (Å²) in [5, 5.41) is 2.64. The molecule has 2 aromatic carbocycles. The minimum absolute atomic E-state index is 0.0491. The third kappa shape index (κ3) is 3.59. The van der Waals surface area contributed by atoms with Crippen LogP contribution in [0.15, 0.2) is 48.5 Å². The fraction of sp³-hybridized carbons (Fsp3) is 0.250. The van der Waals surface area contributed by atoms with Crippen molar-refractivity contribution in [3.63, 3.8) is 0 Å². The van der Waals surface area contributed by atoms with E-state index >= 15 is 0 Å². The van der Waals surface area contributed by atoms with Gasteiger partial charge in [0.1, 0.15) is 5.75 Å². The number of Topliss-reactive ketones (excluding diaryl/α,β-unsaturated/α-hetero) is 1. The number of carbonyl (C=O) groups is 3. The van der Waals surface area contributed by atoms with Crippen LogP contribution in [0.4, 0.5) is 5.69 Å². The summed E-state index contributed by atoms with van der Waals surface area (Å²) in [4.78, 5) is 36.2. The van der Waals surface area contributed by atoms with Gasteiger partial charge < -0.3 is 14.8 Å². The lowest BCUT2D eigenvalue weighted by atomic mass is 9.85. The molecule has 0 saturated heterocycles. The van der Waals surface area contributed by atoms with Crippen molar-refractivity contribution in [1.29, 1.82) is 0 Å². The van der Waals surface area contributed by atoms with Crippen LogP contribution in [0, 0.1) is 0 Å². The molecule has 134 valence electrons.